The number of rotatable bonds is 4. The molecule has 0 heterocycles. The molecule has 0 saturated heterocycles. The quantitative estimate of drug-likeness (QED) is 0.802. The van der Waals surface area contributed by atoms with E-state index in [-0.39, 0.29) is 23.2 Å². The summed E-state index contributed by atoms with van der Waals surface area (Å²) in [7, 11) is 0. The molecule has 0 radical (unpaired) electrons. The lowest BCUT2D eigenvalue weighted by Crippen LogP contribution is -2.36. The molecule has 4 nitrogen and oxygen atoms in total. The van der Waals surface area contributed by atoms with E-state index in [0.717, 1.165) is 32.1 Å². The van der Waals surface area contributed by atoms with Crippen LogP contribution in [0.3, 0.4) is 0 Å². The Morgan fingerprint density at radius 2 is 1.67 bits per heavy atom. The Labute approximate surface area is 129 Å². The van der Waals surface area contributed by atoms with Gasteiger partial charge in [0, 0.05) is 5.92 Å². The second-order valence-electron chi connectivity index (χ2n) is 6.79. The number of carbonyl (C=O) groups excluding carboxylic acids is 2. The van der Waals surface area contributed by atoms with Crippen LogP contribution >= 0.6 is 0 Å². The molecule has 21 heavy (non-hydrogen) atoms. The summed E-state index contributed by atoms with van der Waals surface area (Å²) >= 11 is 0. The predicted octanol–water partition coefficient (Wildman–Crippen LogP) is 3.82. The molecule has 1 aliphatic carbocycles. The van der Waals surface area contributed by atoms with Crippen LogP contribution < -0.4 is 5.73 Å². The maximum absolute atomic E-state index is 12.0. The van der Waals surface area contributed by atoms with Crippen molar-refractivity contribution in [3.05, 3.63) is 0 Å². The fourth-order valence-electron chi connectivity index (χ4n) is 2.85. The Balaban J connectivity index is 0.00000191. The van der Waals surface area contributed by atoms with E-state index in [1.165, 1.54) is 0 Å². The van der Waals surface area contributed by atoms with Crippen LogP contribution in [0.1, 0.15) is 80.1 Å². The molecule has 0 aromatic rings. The molecule has 1 rings (SSSR count). The maximum atomic E-state index is 12.0. The molecule has 0 unspecified atom stereocenters. The van der Waals surface area contributed by atoms with E-state index < -0.39 is 5.60 Å². The minimum atomic E-state index is -0.434. The van der Waals surface area contributed by atoms with Crippen LogP contribution in [0.15, 0.2) is 0 Å². The molecule has 0 atom stereocenters. The summed E-state index contributed by atoms with van der Waals surface area (Å²) in [6.45, 7) is 11.8. The van der Waals surface area contributed by atoms with E-state index in [1.54, 1.807) is 0 Å². The minimum Gasteiger partial charge on any atom is -0.460 e. The average molecular weight is 299 g/mol. The molecule has 2 N–H and O–H groups in total. The number of ether oxygens (including phenoxy) is 1. The minimum absolute atomic E-state index is 0.00567. The molecule has 0 spiro atoms. The zero-order valence-electron chi connectivity index (χ0n) is 14.6. The van der Waals surface area contributed by atoms with Gasteiger partial charge in [-0.2, -0.15) is 0 Å². The van der Waals surface area contributed by atoms with Crippen molar-refractivity contribution in [2.45, 2.75) is 85.7 Å². The highest BCUT2D eigenvalue weighted by Gasteiger charge is 2.38. The van der Waals surface area contributed by atoms with Gasteiger partial charge in [-0.05, 0) is 58.3 Å². The van der Waals surface area contributed by atoms with E-state index in [0.29, 0.717) is 6.42 Å². The van der Waals surface area contributed by atoms with Gasteiger partial charge in [-0.15, -0.1) is 0 Å². The highest BCUT2D eigenvalue weighted by Crippen LogP contribution is 2.44. The van der Waals surface area contributed by atoms with Crippen molar-refractivity contribution in [1.82, 2.24) is 0 Å². The zero-order chi connectivity index (χ0) is 16.7. The molecular weight excluding hydrogens is 266 g/mol. The third-order valence-electron chi connectivity index (χ3n) is 4.14. The van der Waals surface area contributed by atoms with Crippen molar-refractivity contribution < 1.29 is 14.3 Å². The highest BCUT2D eigenvalue weighted by molar-refractivity contribution is 5.76. The Bertz CT molecular complexity index is 336. The summed E-state index contributed by atoms with van der Waals surface area (Å²) in [5.74, 6) is -0.354. The topological polar surface area (TPSA) is 69.4 Å². The largest absolute Gasteiger partial charge is 0.460 e. The summed E-state index contributed by atoms with van der Waals surface area (Å²) in [4.78, 5) is 23.2. The van der Waals surface area contributed by atoms with Crippen LogP contribution in [-0.4, -0.2) is 17.5 Å². The second-order valence-corrected chi connectivity index (χ2v) is 6.79. The van der Waals surface area contributed by atoms with Crippen molar-refractivity contribution >= 4 is 11.9 Å². The van der Waals surface area contributed by atoms with Crippen molar-refractivity contribution in [1.29, 1.82) is 0 Å². The molecule has 1 saturated carbocycles. The van der Waals surface area contributed by atoms with E-state index in [1.807, 2.05) is 34.6 Å². The number of esters is 1. The lowest BCUT2D eigenvalue weighted by molar-refractivity contribution is -0.158. The van der Waals surface area contributed by atoms with Crippen molar-refractivity contribution in [3.63, 3.8) is 0 Å². The summed E-state index contributed by atoms with van der Waals surface area (Å²) in [6, 6.07) is 0. The second kappa shape index (κ2) is 8.40. The Kier molecular flexibility index (Phi) is 7.98. The smallest absolute Gasteiger partial charge is 0.306 e. The molecule has 1 amide bonds. The number of hydrogen-bond donors (Lipinski definition) is 1. The molecular formula is C17H33NO3. The van der Waals surface area contributed by atoms with Gasteiger partial charge in [0.05, 0.1) is 6.42 Å². The Hall–Kier alpha value is -1.06. The van der Waals surface area contributed by atoms with E-state index >= 15 is 0 Å². The average Bonchev–Trinajstić information content (AvgIpc) is 2.39. The third kappa shape index (κ3) is 6.96. The van der Waals surface area contributed by atoms with Gasteiger partial charge in [0.2, 0.25) is 5.91 Å². The fraction of sp³-hybridized carbons (Fsp3) is 0.882. The SMILES string of the molecule is CC.CCC1(CC(=O)OC(C)(C)C)CCC(C(N)=O)CC1. The summed E-state index contributed by atoms with van der Waals surface area (Å²) in [5, 5.41) is 0. The van der Waals surface area contributed by atoms with Crippen molar-refractivity contribution in [3.8, 4) is 0 Å². The van der Waals surface area contributed by atoms with Crippen LogP contribution in [0.2, 0.25) is 0 Å². The molecule has 0 bridgehead atoms. The maximum Gasteiger partial charge on any atom is 0.306 e. The lowest BCUT2D eigenvalue weighted by Gasteiger charge is -2.38. The first-order valence-corrected chi connectivity index (χ1v) is 8.19. The van der Waals surface area contributed by atoms with Crippen LogP contribution in [0.5, 0.6) is 0 Å². The van der Waals surface area contributed by atoms with Crippen LogP contribution in [0.4, 0.5) is 0 Å². The molecule has 1 fully saturated rings. The Morgan fingerprint density at radius 1 is 1.19 bits per heavy atom. The predicted molar refractivity (Wildman–Crippen MR) is 85.7 cm³/mol. The van der Waals surface area contributed by atoms with Gasteiger partial charge >= 0.3 is 5.97 Å². The number of carbonyl (C=O) groups is 2. The Morgan fingerprint density at radius 3 is 2.00 bits per heavy atom. The first-order chi connectivity index (χ1) is 9.67. The van der Waals surface area contributed by atoms with E-state index in [4.69, 9.17) is 10.5 Å². The van der Waals surface area contributed by atoms with Crippen LogP contribution in [0, 0.1) is 11.3 Å². The number of hydrogen-bond acceptors (Lipinski definition) is 3. The number of amides is 1. The zero-order valence-corrected chi connectivity index (χ0v) is 14.6. The molecule has 0 aromatic carbocycles. The summed E-state index contributed by atoms with van der Waals surface area (Å²) in [5.41, 5.74) is 4.91. The first kappa shape index (κ1) is 19.9. The third-order valence-corrected chi connectivity index (χ3v) is 4.14. The molecule has 124 valence electrons. The van der Waals surface area contributed by atoms with Gasteiger partial charge in [0.15, 0.2) is 0 Å². The molecule has 0 aliphatic heterocycles. The van der Waals surface area contributed by atoms with Crippen LogP contribution in [0.25, 0.3) is 0 Å². The van der Waals surface area contributed by atoms with Crippen LogP contribution in [-0.2, 0) is 14.3 Å². The first-order valence-electron chi connectivity index (χ1n) is 8.19. The normalized spacial score (nSPS) is 25.5. The monoisotopic (exact) mass is 299 g/mol. The summed E-state index contributed by atoms with van der Waals surface area (Å²) < 4.78 is 5.41. The highest BCUT2D eigenvalue weighted by atomic mass is 16.6. The number of primary amides is 1. The van der Waals surface area contributed by atoms with E-state index in [9.17, 15) is 9.59 Å². The van der Waals surface area contributed by atoms with Gasteiger partial charge in [0.25, 0.3) is 0 Å². The lowest BCUT2D eigenvalue weighted by atomic mass is 9.67. The van der Waals surface area contributed by atoms with E-state index in [2.05, 4.69) is 6.92 Å². The molecule has 0 aromatic heterocycles. The van der Waals surface area contributed by atoms with Gasteiger partial charge < -0.3 is 10.5 Å². The molecule has 1 aliphatic rings. The van der Waals surface area contributed by atoms with Crippen molar-refractivity contribution in [2.24, 2.45) is 17.1 Å². The standard InChI is InChI=1S/C15H27NO3.C2H6/c1-5-15(10-12(17)19-14(2,3)4)8-6-11(7-9-15)13(16)18;1-2/h11H,5-10H2,1-4H3,(H2,16,18);1-2H3. The number of nitrogens with two attached hydrogens (primary N) is 1. The summed E-state index contributed by atoms with van der Waals surface area (Å²) in [6.07, 6.45) is 4.76. The molecule has 4 heteroatoms. The van der Waals surface area contributed by atoms with Gasteiger partial charge in [-0.3, -0.25) is 9.59 Å². The van der Waals surface area contributed by atoms with Gasteiger partial charge in [0.1, 0.15) is 5.60 Å². The van der Waals surface area contributed by atoms with Gasteiger partial charge in [-0.25, -0.2) is 0 Å². The van der Waals surface area contributed by atoms with Gasteiger partial charge in [-0.1, -0.05) is 20.8 Å². The van der Waals surface area contributed by atoms with Crippen molar-refractivity contribution in [2.75, 3.05) is 0 Å². The fourth-order valence-corrected chi connectivity index (χ4v) is 2.85.